The molecule has 0 aromatic rings. The van der Waals surface area contributed by atoms with Crippen LogP contribution in [0.3, 0.4) is 0 Å². The summed E-state index contributed by atoms with van der Waals surface area (Å²) in [7, 11) is 0.227. The first kappa shape index (κ1) is 5.71. The van der Waals surface area contributed by atoms with E-state index in [0.29, 0.717) is 0 Å². The average Bonchev–Trinajstić information content (AvgIpc) is 1.41. The van der Waals surface area contributed by atoms with E-state index in [9.17, 15) is 0 Å². The summed E-state index contributed by atoms with van der Waals surface area (Å²) in [6, 6.07) is 0. The van der Waals surface area contributed by atoms with E-state index in [1.165, 1.54) is 0 Å². The Kier molecular flexibility index (Phi) is 5.38. The van der Waals surface area contributed by atoms with Crippen LogP contribution in [0.4, 0.5) is 0 Å². The van der Waals surface area contributed by atoms with Crippen LogP contribution in [0.1, 0.15) is 0 Å². The van der Waals surface area contributed by atoms with Gasteiger partial charge >= 0.3 is 42.5 Å². The van der Waals surface area contributed by atoms with Crippen LogP contribution in [-0.2, 0) is 0 Å². The van der Waals surface area contributed by atoms with Gasteiger partial charge in [0.25, 0.3) is 0 Å². The summed E-state index contributed by atoms with van der Waals surface area (Å²) in [4.78, 5) is 1.88. The van der Waals surface area contributed by atoms with Crippen molar-refractivity contribution in [2.45, 2.75) is 0 Å². The van der Waals surface area contributed by atoms with Crippen LogP contribution < -0.4 is 0 Å². The Morgan fingerprint density at radius 2 is 2.40 bits per heavy atom. The summed E-state index contributed by atoms with van der Waals surface area (Å²) >= 11 is 1.92. The summed E-state index contributed by atoms with van der Waals surface area (Å²) in [5.74, 6) is 1.82. The molecule has 0 aliphatic carbocycles. The quantitative estimate of drug-likeness (QED) is 0.289. The van der Waals surface area contributed by atoms with Crippen molar-refractivity contribution in [3.63, 3.8) is 0 Å². The van der Waals surface area contributed by atoms with Crippen molar-refractivity contribution in [2.75, 3.05) is 0 Å². The average molecular weight is 143 g/mol. The Balaban J connectivity index is 2.62. The Morgan fingerprint density at radius 1 is 1.80 bits per heavy atom. The van der Waals surface area contributed by atoms with Crippen molar-refractivity contribution in [2.24, 2.45) is 0 Å². The molecule has 0 saturated heterocycles. The van der Waals surface area contributed by atoms with Crippen molar-refractivity contribution < 1.29 is 0 Å². The Hall–Kier alpha value is 0.713. The third-order valence-corrected chi connectivity index (χ3v) is 1.55. The molecule has 0 fully saturated rings. The molecule has 0 rings (SSSR count). The van der Waals surface area contributed by atoms with Crippen molar-refractivity contribution in [3.8, 4) is 0 Å². The Bertz CT molecular complexity index is 33.9. The van der Waals surface area contributed by atoms with E-state index in [1.807, 2.05) is 27.2 Å². The minimum atomic E-state index is 0.227. The van der Waals surface area contributed by atoms with Gasteiger partial charge in [0.2, 0.25) is 0 Å². The van der Waals surface area contributed by atoms with Crippen molar-refractivity contribution >= 4 is 25.1 Å². The van der Waals surface area contributed by atoms with Gasteiger partial charge in [-0.25, -0.2) is 0 Å². The number of hydrogen-bond acceptors (Lipinski definition) is 0. The molecule has 1 atom stereocenters. The summed E-state index contributed by atoms with van der Waals surface area (Å²) < 4.78 is 0. The van der Waals surface area contributed by atoms with E-state index in [-0.39, 0.29) is 8.58 Å². The first-order valence-electron chi connectivity index (χ1n) is 1.16. The van der Waals surface area contributed by atoms with Crippen molar-refractivity contribution in [3.05, 3.63) is 17.4 Å². The zero-order chi connectivity index (χ0) is 4.12. The standard InChI is InChI=1S/C3H3GeP/c1-5-3-2-4/h2-3,5H/q-1/b3-2-. The van der Waals surface area contributed by atoms with E-state index in [1.54, 1.807) is 0 Å². The third-order valence-electron chi connectivity index (χ3n) is 0.167. The molecular formula is C3H3GeP-. The first-order chi connectivity index (χ1) is 2.41. The molecular weight excluding hydrogens is 140 g/mol. The van der Waals surface area contributed by atoms with Gasteiger partial charge < -0.3 is 0 Å². The molecule has 1 unspecified atom stereocenters. The molecule has 0 heterocycles. The molecule has 0 aliphatic heterocycles. The van der Waals surface area contributed by atoms with E-state index in [2.05, 4.69) is 0 Å². The third kappa shape index (κ3) is 4.71. The molecule has 0 bridgehead atoms. The molecule has 0 amide bonds. The summed E-state index contributed by atoms with van der Waals surface area (Å²) in [5.41, 5.74) is 0. The monoisotopic (exact) mass is 144 g/mol. The molecule has 0 spiro atoms. The molecule has 0 N–H and O–H groups in total. The van der Waals surface area contributed by atoms with Crippen LogP contribution in [0.5, 0.6) is 0 Å². The molecule has 0 saturated carbocycles. The van der Waals surface area contributed by atoms with Gasteiger partial charge in [0.15, 0.2) is 0 Å². The maximum atomic E-state index is 6.54. The van der Waals surface area contributed by atoms with Gasteiger partial charge in [-0.05, 0) is 0 Å². The van der Waals surface area contributed by atoms with E-state index in [0.717, 1.165) is 0 Å². The maximum absolute atomic E-state index is 6.54. The predicted octanol–water partition coefficient (Wildman–Crippen LogP) is 0.850. The molecule has 25 valence electrons. The van der Waals surface area contributed by atoms with E-state index in [4.69, 9.17) is 6.66 Å². The molecule has 0 nitrogen and oxygen atoms in total. The number of rotatable bonds is 1. The fraction of sp³-hybridized carbons (Fsp3) is 0. The molecule has 2 heteroatoms. The predicted molar refractivity (Wildman–Crippen MR) is 26.5 cm³/mol. The van der Waals surface area contributed by atoms with Crippen LogP contribution in [0, 0.1) is 6.66 Å². The van der Waals surface area contributed by atoms with Gasteiger partial charge in [0.1, 0.15) is 0 Å². The summed E-state index contributed by atoms with van der Waals surface area (Å²) in [6.07, 6.45) is 0. The second-order valence-corrected chi connectivity index (χ2v) is 1.80. The van der Waals surface area contributed by atoms with Crippen LogP contribution in [0.25, 0.3) is 0 Å². The molecule has 5 radical (unpaired) electrons. The topological polar surface area (TPSA) is 0 Å². The van der Waals surface area contributed by atoms with Gasteiger partial charge in [-0.1, -0.05) is 0 Å². The van der Waals surface area contributed by atoms with E-state index < -0.39 is 0 Å². The second kappa shape index (κ2) is 4.71. The van der Waals surface area contributed by atoms with Crippen molar-refractivity contribution in [1.82, 2.24) is 0 Å². The fourth-order valence-electron chi connectivity index (χ4n) is 0.0417. The van der Waals surface area contributed by atoms with Gasteiger partial charge in [-0.3, -0.25) is 0 Å². The minimum absolute atomic E-state index is 0.227. The summed E-state index contributed by atoms with van der Waals surface area (Å²) in [6.45, 7) is 6.54. The van der Waals surface area contributed by atoms with Crippen LogP contribution in [0.15, 0.2) is 10.7 Å². The molecule has 0 aromatic heterocycles. The van der Waals surface area contributed by atoms with Gasteiger partial charge in [-0.2, -0.15) is 0 Å². The summed E-state index contributed by atoms with van der Waals surface area (Å²) in [5, 5.41) is 0. The van der Waals surface area contributed by atoms with Crippen LogP contribution >= 0.6 is 8.58 Å². The van der Waals surface area contributed by atoms with Gasteiger partial charge in [0.05, 0.1) is 0 Å². The fourth-order valence-corrected chi connectivity index (χ4v) is 0.650. The first-order valence-corrected chi connectivity index (χ1v) is 3.45. The number of hydrogen-bond donors (Lipinski definition) is 0. The SMILES string of the molecule is [C-]P/C=[CH]\[Ge]. The normalized spacial score (nSPS) is 12.4. The van der Waals surface area contributed by atoms with Crippen molar-refractivity contribution in [1.29, 1.82) is 0 Å². The Morgan fingerprint density at radius 3 is 2.40 bits per heavy atom. The van der Waals surface area contributed by atoms with Gasteiger partial charge in [0, 0.05) is 0 Å². The Labute approximate surface area is 43.0 Å². The van der Waals surface area contributed by atoms with E-state index >= 15 is 0 Å². The molecule has 0 aliphatic rings. The molecule has 0 aromatic carbocycles. The zero-order valence-electron chi connectivity index (χ0n) is 2.65. The van der Waals surface area contributed by atoms with Crippen LogP contribution in [0.2, 0.25) is 0 Å². The molecule has 5 heavy (non-hydrogen) atoms. The second-order valence-electron chi connectivity index (χ2n) is 0.478. The van der Waals surface area contributed by atoms with Crippen LogP contribution in [-0.4, -0.2) is 16.5 Å². The van der Waals surface area contributed by atoms with Gasteiger partial charge in [-0.15, -0.1) is 0 Å². The zero-order valence-corrected chi connectivity index (χ0v) is 5.75.